The maximum absolute atomic E-state index is 13.4. The Bertz CT molecular complexity index is 455. The Morgan fingerprint density at radius 3 is 2.58 bits per heavy atom. The summed E-state index contributed by atoms with van der Waals surface area (Å²) < 4.78 is 13.4. The molecule has 0 spiro atoms. The van der Waals surface area contributed by atoms with E-state index in [0.717, 1.165) is 12.8 Å². The Balaban J connectivity index is 2.28. The highest BCUT2D eigenvalue weighted by atomic mass is 35.5. The number of benzene rings is 1. The smallest absolute Gasteiger partial charge is 0.126 e. The van der Waals surface area contributed by atoms with Crippen molar-refractivity contribution in [1.82, 2.24) is 0 Å². The van der Waals surface area contributed by atoms with Crippen LogP contribution in [0, 0.1) is 17.2 Å². The predicted molar refractivity (Wildman–Crippen MR) is 79.0 cm³/mol. The standard InChI is InChI=1S/C15H22ClFN2/c1-10-7-14(2,3)8-15(10,9-18)19-13-5-11(16)4-12(17)6-13/h4-6,10,19H,7-9,18H2,1-3H3. The molecule has 0 radical (unpaired) electrons. The Morgan fingerprint density at radius 2 is 2.11 bits per heavy atom. The van der Waals surface area contributed by atoms with Crippen LogP contribution in [0.3, 0.4) is 0 Å². The summed E-state index contributed by atoms with van der Waals surface area (Å²) in [5.74, 6) is 0.113. The van der Waals surface area contributed by atoms with E-state index in [1.807, 2.05) is 0 Å². The summed E-state index contributed by atoms with van der Waals surface area (Å²) in [4.78, 5) is 0. The van der Waals surface area contributed by atoms with Gasteiger partial charge < -0.3 is 11.1 Å². The fraction of sp³-hybridized carbons (Fsp3) is 0.600. The molecule has 1 saturated carbocycles. The van der Waals surface area contributed by atoms with E-state index in [4.69, 9.17) is 17.3 Å². The predicted octanol–water partition coefficient (Wildman–Crippen LogP) is 4.04. The second kappa shape index (κ2) is 4.95. The van der Waals surface area contributed by atoms with Crippen molar-refractivity contribution in [1.29, 1.82) is 0 Å². The number of nitrogens with two attached hydrogens (primary N) is 1. The van der Waals surface area contributed by atoms with Crippen molar-refractivity contribution in [3.05, 3.63) is 29.0 Å². The molecule has 0 amide bonds. The van der Waals surface area contributed by atoms with Gasteiger partial charge in [0.1, 0.15) is 5.82 Å². The summed E-state index contributed by atoms with van der Waals surface area (Å²) in [6.45, 7) is 7.24. The molecular formula is C15H22ClFN2. The number of anilines is 1. The molecule has 2 atom stereocenters. The zero-order valence-corrected chi connectivity index (χ0v) is 12.5. The monoisotopic (exact) mass is 284 g/mol. The summed E-state index contributed by atoms with van der Waals surface area (Å²) in [5, 5.41) is 3.84. The largest absolute Gasteiger partial charge is 0.378 e. The lowest BCUT2D eigenvalue weighted by Crippen LogP contribution is -2.48. The molecule has 0 heterocycles. The van der Waals surface area contributed by atoms with Crippen molar-refractivity contribution < 1.29 is 4.39 Å². The fourth-order valence-electron chi connectivity index (χ4n) is 3.53. The number of hydrogen-bond acceptors (Lipinski definition) is 2. The van der Waals surface area contributed by atoms with Crippen LogP contribution in [0.25, 0.3) is 0 Å². The molecule has 2 nitrogen and oxygen atoms in total. The highest BCUT2D eigenvalue weighted by molar-refractivity contribution is 6.30. The van der Waals surface area contributed by atoms with E-state index < -0.39 is 0 Å². The Labute approximate surface area is 119 Å². The lowest BCUT2D eigenvalue weighted by molar-refractivity contribution is 0.350. The molecule has 1 aromatic carbocycles. The fourth-order valence-corrected chi connectivity index (χ4v) is 3.75. The first kappa shape index (κ1) is 14.6. The summed E-state index contributed by atoms with van der Waals surface area (Å²) in [6, 6.07) is 4.53. The van der Waals surface area contributed by atoms with E-state index in [2.05, 4.69) is 26.1 Å². The molecule has 106 valence electrons. The van der Waals surface area contributed by atoms with Crippen LogP contribution in [-0.2, 0) is 0 Å². The molecular weight excluding hydrogens is 263 g/mol. The van der Waals surface area contributed by atoms with Gasteiger partial charge in [0.15, 0.2) is 0 Å². The minimum atomic E-state index is -0.327. The quantitative estimate of drug-likeness (QED) is 0.879. The molecule has 1 aromatic rings. The van der Waals surface area contributed by atoms with E-state index in [1.165, 1.54) is 12.1 Å². The van der Waals surface area contributed by atoms with Gasteiger partial charge >= 0.3 is 0 Å². The van der Waals surface area contributed by atoms with Crippen LogP contribution in [0.4, 0.5) is 10.1 Å². The number of hydrogen-bond donors (Lipinski definition) is 2. The van der Waals surface area contributed by atoms with Gasteiger partial charge in [-0.05, 0) is 42.4 Å². The van der Waals surface area contributed by atoms with E-state index in [-0.39, 0.29) is 16.8 Å². The molecule has 1 fully saturated rings. The number of rotatable bonds is 3. The summed E-state index contributed by atoms with van der Waals surface area (Å²) in [6.07, 6.45) is 2.09. The average Bonchev–Trinajstić information content (AvgIpc) is 2.47. The molecule has 0 bridgehead atoms. The second-order valence-electron chi connectivity index (χ2n) is 6.59. The maximum atomic E-state index is 13.4. The van der Waals surface area contributed by atoms with Gasteiger partial charge in [-0.3, -0.25) is 0 Å². The molecule has 4 heteroatoms. The minimum Gasteiger partial charge on any atom is -0.378 e. The molecule has 2 rings (SSSR count). The Kier molecular flexibility index (Phi) is 3.80. The summed E-state index contributed by atoms with van der Waals surface area (Å²) in [5.41, 5.74) is 6.80. The lowest BCUT2D eigenvalue weighted by atomic mass is 9.86. The molecule has 1 aliphatic rings. The number of nitrogens with one attached hydrogen (secondary N) is 1. The molecule has 0 saturated heterocycles. The van der Waals surface area contributed by atoms with Gasteiger partial charge in [-0.1, -0.05) is 32.4 Å². The van der Waals surface area contributed by atoms with E-state index >= 15 is 0 Å². The summed E-state index contributed by atoms with van der Waals surface area (Å²) in [7, 11) is 0. The first-order valence-corrected chi connectivity index (χ1v) is 7.08. The van der Waals surface area contributed by atoms with E-state index in [0.29, 0.717) is 23.2 Å². The second-order valence-corrected chi connectivity index (χ2v) is 7.03. The number of halogens is 2. The van der Waals surface area contributed by atoms with Crippen LogP contribution in [-0.4, -0.2) is 12.1 Å². The van der Waals surface area contributed by atoms with Crippen LogP contribution < -0.4 is 11.1 Å². The van der Waals surface area contributed by atoms with Crippen LogP contribution in [0.2, 0.25) is 5.02 Å². The topological polar surface area (TPSA) is 38.0 Å². The molecule has 1 aliphatic carbocycles. The molecule has 0 aliphatic heterocycles. The van der Waals surface area contributed by atoms with Crippen molar-refractivity contribution in [2.24, 2.45) is 17.1 Å². The van der Waals surface area contributed by atoms with Gasteiger partial charge in [-0.2, -0.15) is 0 Å². The average molecular weight is 285 g/mol. The van der Waals surface area contributed by atoms with Crippen LogP contribution in [0.15, 0.2) is 18.2 Å². The first-order chi connectivity index (χ1) is 8.76. The molecule has 2 unspecified atom stereocenters. The maximum Gasteiger partial charge on any atom is 0.126 e. The summed E-state index contributed by atoms with van der Waals surface area (Å²) >= 11 is 5.91. The first-order valence-electron chi connectivity index (χ1n) is 6.71. The minimum absolute atomic E-state index is 0.180. The van der Waals surface area contributed by atoms with Crippen molar-refractivity contribution >= 4 is 17.3 Å². The third kappa shape index (κ3) is 3.03. The lowest BCUT2D eigenvalue weighted by Gasteiger charge is -2.35. The molecule has 0 aromatic heterocycles. The van der Waals surface area contributed by atoms with Crippen LogP contribution >= 0.6 is 11.6 Å². The van der Waals surface area contributed by atoms with Gasteiger partial charge in [-0.15, -0.1) is 0 Å². The van der Waals surface area contributed by atoms with Crippen molar-refractivity contribution in [2.75, 3.05) is 11.9 Å². The Morgan fingerprint density at radius 1 is 1.42 bits per heavy atom. The van der Waals surface area contributed by atoms with Gasteiger partial charge in [0.2, 0.25) is 0 Å². The van der Waals surface area contributed by atoms with Crippen LogP contribution in [0.1, 0.15) is 33.6 Å². The molecule has 19 heavy (non-hydrogen) atoms. The Hall–Kier alpha value is -0.800. The third-order valence-electron chi connectivity index (χ3n) is 4.22. The SMILES string of the molecule is CC1CC(C)(C)CC1(CN)Nc1cc(F)cc(Cl)c1. The third-order valence-corrected chi connectivity index (χ3v) is 4.43. The molecule has 3 N–H and O–H groups in total. The zero-order valence-electron chi connectivity index (χ0n) is 11.8. The van der Waals surface area contributed by atoms with E-state index in [1.54, 1.807) is 6.07 Å². The van der Waals surface area contributed by atoms with E-state index in [9.17, 15) is 4.39 Å². The van der Waals surface area contributed by atoms with Gasteiger partial charge in [0, 0.05) is 17.3 Å². The van der Waals surface area contributed by atoms with Gasteiger partial charge in [-0.25, -0.2) is 4.39 Å². The highest BCUT2D eigenvalue weighted by Gasteiger charge is 2.47. The van der Waals surface area contributed by atoms with Crippen LogP contribution in [0.5, 0.6) is 0 Å². The highest BCUT2D eigenvalue weighted by Crippen LogP contribution is 2.48. The van der Waals surface area contributed by atoms with Crippen molar-refractivity contribution in [3.8, 4) is 0 Å². The van der Waals surface area contributed by atoms with Gasteiger partial charge in [0.25, 0.3) is 0 Å². The van der Waals surface area contributed by atoms with Gasteiger partial charge in [0.05, 0.1) is 5.54 Å². The zero-order chi connectivity index (χ0) is 14.3. The van der Waals surface area contributed by atoms with Crippen molar-refractivity contribution in [3.63, 3.8) is 0 Å². The van der Waals surface area contributed by atoms with Crippen molar-refractivity contribution in [2.45, 2.75) is 39.2 Å². The normalized spacial score (nSPS) is 29.5.